The first-order valence-corrected chi connectivity index (χ1v) is 9.58. The Labute approximate surface area is 167 Å². The van der Waals surface area contributed by atoms with Crippen molar-refractivity contribution in [1.29, 1.82) is 0 Å². The predicted octanol–water partition coefficient (Wildman–Crippen LogP) is 4.57. The molecule has 144 valence electrons. The number of benzene rings is 2. The van der Waals surface area contributed by atoms with Crippen LogP contribution in [-0.4, -0.2) is 25.0 Å². The Morgan fingerprint density at radius 1 is 1.04 bits per heavy atom. The number of nitrogens with zero attached hydrogens (tertiary/aromatic N) is 2. The van der Waals surface area contributed by atoms with E-state index in [9.17, 15) is 14.0 Å². The van der Waals surface area contributed by atoms with Crippen molar-refractivity contribution in [2.45, 2.75) is 19.3 Å². The number of imide groups is 1. The highest BCUT2D eigenvalue weighted by molar-refractivity contribution is 6.32. The third-order valence-electron chi connectivity index (χ3n) is 4.92. The molecule has 2 fully saturated rings. The molecule has 2 heterocycles. The van der Waals surface area contributed by atoms with E-state index in [0.29, 0.717) is 22.0 Å². The van der Waals surface area contributed by atoms with Crippen LogP contribution in [0.5, 0.6) is 0 Å². The lowest BCUT2D eigenvalue weighted by Gasteiger charge is -2.29. The van der Waals surface area contributed by atoms with Crippen LogP contribution < -0.4 is 15.1 Å². The Morgan fingerprint density at radius 2 is 1.82 bits per heavy atom. The molecule has 2 saturated heterocycles. The minimum absolute atomic E-state index is 0.0927. The second-order valence-corrected chi connectivity index (χ2v) is 7.30. The number of carbonyl (C=O) groups excluding carboxylic acids is 2. The summed E-state index contributed by atoms with van der Waals surface area (Å²) >= 11 is 5.95. The van der Waals surface area contributed by atoms with E-state index in [1.807, 2.05) is 4.90 Å². The van der Waals surface area contributed by atoms with Crippen LogP contribution >= 0.6 is 11.6 Å². The summed E-state index contributed by atoms with van der Waals surface area (Å²) in [5, 5.41) is 2.96. The van der Waals surface area contributed by atoms with Gasteiger partial charge in [0.1, 0.15) is 11.5 Å². The van der Waals surface area contributed by atoms with Gasteiger partial charge in [0.2, 0.25) is 0 Å². The van der Waals surface area contributed by atoms with Crippen molar-refractivity contribution in [3.63, 3.8) is 0 Å². The largest absolute Gasteiger partial charge is 0.369 e. The summed E-state index contributed by atoms with van der Waals surface area (Å²) in [7, 11) is 0. The number of hydrogen-bond donors (Lipinski definition) is 1. The topological polar surface area (TPSA) is 52.7 Å². The van der Waals surface area contributed by atoms with Gasteiger partial charge in [-0.1, -0.05) is 23.7 Å². The molecule has 2 aliphatic heterocycles. The molecule has 2 aromatic carbocycles. The average molecular weight is 400 g/mol. The maximum Gasteiger partial charge on any atom is 0.333 e. The van der Waals surface area contributed by atoms with E-state index in [1.165, 1.54) is 24.6 Å². The fraction of sp³-hybridized carbons (Fsp3) is 0.238. The maximum atomic E-state index is 14.6. The van der Waals surface area contributed by atoms with Crippen molar-refractivity contribution < 1.29 is 14.0 Å². The van der Waals surface area contributed by atoms with Crippen molar-refractivity contribution in [2.24, 2.45) is 0 Å². The molecule has 0 aromatic heterocycles. The number of rotatable bonds is 3. The first-order chi connectivity index (χ1) is 13.5. The molecule has 0 bridgehead atoms. The molecular formula is C21H19ClFN3O2. The van der Waals surface area contributed by atoms with E-state index in [4.69, 9.17) is 11.6 Å². The van der Waals surface area contributed by atoms with Crippen LogP contribution in [0.25, 0.3) is 6.08 Å². The zero-order valence-electron chi connectivity index (χ0n) is 15.1. The van der Waals surface area contributed by atoms with E-state index in [0.717, 1.165) is 30.8 Å². The third kappa shape index (κ3) is 3.60. The molecule has 5 nitrogen and oxygen atoms in total. The second-order valence-electron chi connectivity index (χ2n) is 6.87. The normalized spacial score (nSPS) is 18.7. The van der Waals surface area contributed by atoms with Gasteiger partial charge in [-0.3, -0.25) is 4.79 Å². The first-order valence-electron chi connectivity index (χ1n) is 9.20. The van der Waals surface area contributed by atoms with E-state index in [-0.39, 0.29) is 11.5 Å². The van der Waals surface area contributed by atoms with Gasteiger partial charge in [0.05, 0.1) is 11.4 Å². The maximum absolute atomic E-state index is 14.6. The van der Waals surface area contributed by atoms with Crippen molar-refractivity contribution >= 4 is 41.0 Å². The number of halogens is 2. The van der Waals surface area contributed by atoms with Crippen molar-refractivity contribution in [2.75, 3.05) is 22.9 Å². The van der Waals surface area contributed by atoms with Gasteiger partial charge in [0.15, 0.2) is 0 Å². The molecule has 28 heavy (non-hydrogen) atoms. The summed E-state index contributed by atoms with van der Waals surface area (Å²) in [6.07, 6.45) is 4.78. The lowest BCUT2D eigenvalue weighted by molar-refractivity contribution is -0.113. The fourth-order valence-corrected chi connectivity index (χ4v) is 3.74. The molecule has 1 N–H and O–H groups in total. The quantitative estimate of drug-likeness (QED) is 0.607. The van der Waals surface area contributed by atoms with Gasteiger partial charge in [-0.25, -0.2) is 14.1 Å². The Hall–Kier alpha value is -2.86. The summed E-state index contributed by atoms with van der Waals surface area (Å²) in [6.45, 7) is 1.70. The summed E-state index contributed by atoms with van der Waals surface area (Å²) in [6, 6.07) is 10.8. The summed E-state index contributed by atoms with van der Waals surface area (Å²) in [5.74, 6) is -0.840. The zero-order chi connectivity index (χ0) is 19.7. The molecule has 3 amide bonds. The predicted molar refractivity (Wildman–Crippen MR) is 108 cm³/mol. The van der Waals surface area contributed by atoms with Crippen LogP contribution in [0.3, 0.4) is 0 Å². The molecule has 0 atom stereocenters. The SMILES string of the molecule is O=C1N/C(=C/c2ccc(N3CCCCC3)c(F)c2)C(=O)N1c1cccc(Cl)c1. The van der Waals surface area contributed by atoms with Gasteiger partial charge in [0, 0.05) is 18.1 Å². The second kappa shape index (κ2) is 7.64. The highest BCUT2D eigenvalue weighted by Crippen LogP contribution is 2.27. The van der Waals surface area contributed by atoms with E-state index < -0.39 is 11.9 Å². The Bertz CT molecular complexity index is 970. The average Bonchev–Trinajstić information content (AvgIpc) is 2.96. The standard InChI is InChI=1S/C21H19ClFN3O2/c22-15-5-4-6-16(13-15)26-20(27)18(24-21(26)28)12-14-7-8-19(17(23)11-14)25-9-2-1-3-10-25/h4-8,11-13H,1-3,9-10H2,(H,24,28)/b18-12+. The molecule has 0 saturated carbocycles. The smallest absolute Gasteiger partial charge is 0.333 e. The Kier molecular flexibility index (Phi) is 5.05. The fourth-order valence-electron chi connectivity index (χ4n) is 3.56. The van der Waals surface area contributed by atoms with Crippen molar-refractivity contribution in [3.8, 4) is 0 Å². The molecule has 7 heteroatoms. The highest BCUT2D eigenvalue weighted by atomic mass is 35.5. The molecule has 0 aliphatic carbocycles. The summed E-state index contributed by atoms with van der Waals surface area (Å²) in [5.41, 5.74) is 1.55. The number of hydrogen-bond acceptors (Lipinski definition) is 3. The number of anilines is 2. The van der Waals surface area contributed by atoms with Gasteiger partial charge in [-0.15, -0.1) is 0 Å². The molecule has 4 rings (SSSR count). The van der Waals surface area contributed by atoms with Gasteiger partial charge in [-0.05, 0) is 61.2 Å². The molecule has 0 radical (unpaired) electrons. The molecule has 0 unspecified atom stereocenters. The number of piperidine rings is 1. The molecule has 2 aliphatic rings. The summed E-state index contributed by atoms with van der Waals surface area (Å²) < 4.78 is 14.6. The van der Waals surface area contributed by atoms with Crippen LogP contribution in [0.2, 0.25) is 5.02 Å². The number of nitrogens with one attached hydrogen (secondary N) is 1. The Morgan fingerprint density at radius 3 is 2.54 bits per heavy atom. The molecular weight excluding hydrogens is 381 g/mol. The van der Waals surface area contributed by atoms with Gasteiger partial charge in [-0.2, -0.15) is 0 Å². The minimum atomic E-state index is -0.566. The van der Waals surface area contributed by atoms with Crippen LogP contribution in [0, 0.1) is 5.82 Å². The minimum Gasteiger partial charge on any atom is -0.369 e. The van der Waals surface area contributed by atoms with Crippen molar-refractivity contribution in [3.05, 3.63) is 64.6 Å². The van der Waals surface area contributed by atoms with Crippen LogP contribution in [-0.2, 0) is 4.79 Å². The van der Waals surface area contributed by atoms with E-state index in [2.05, 4.69) is 5.32 Å². The van der Waals surface area contributed by atoms with Gasteiger partial charge < -0.3 is 10.2 Å². The van der Waals surface area contributed by atoms with E-state index in [1.54, 1.807) is 30.3 Å². The van der Waals surface area contributed by atoms with Crippen LogP contribution in [0.15, 0.2) is 48.2 Å². The highest BCUT2D eigenvalue weighted by Gasteiger charge is 2.35. The number of amides is 3. The van der Waals surface area contributed by atoms with Crippen molar-refractivity contribution in [1.82, 2.24) is 5.32 Å². The summed E-state index contributed by atoms with van der Waals surface area (Å²) in [4.78, 5) is 28.0. The number of urea groups is 1. The van der Waals surface area contributed by atoms with Crippen LogP contribution in [0.4, 0.5) is 20.6 Å². The lowest BCUT2D eigenvalue weighted by atomic mass is 10.1. The van der Waals surface area contributed by atoms with Gasteiger partial charge >= 0.3 is 6.03 Å². The zero-order valence-corrected chi connectivity index (χ0v) is 15.9. The molecule has 2 aromatic rings. The number of carbonyl (C=O) groups is 2. The Balaban J connectivity index is 1.58. The first kappa shape index (κ1) is 18.5. The lowest BCUT2D eigenvalue weighted by Crippen LogP contribution is -2.30. The monoisotopic (exact) mass is 399 g/mol. The van der Waals surface area contributed by atoms with Gasteiger partial charge in [0.25, 0.3) is 5.91 Å². The van der Waals surface area contributed by atoms with E-state index >= 15 is 0 Å². The molecule has 0 spiro atoms. The third-order valence-corrected chi connectivity index (χ3v) is 5.16. The van der Waals surface area contributed by atoms with Crippen LogP contribution in [0.1, 0.15) is 24.8 Å².